The van der Waals surface area contributed by atoms with Crippen LogP contribution >= 0.6 is 0 Å². The van der Waals surface area contributed by atoms with E-state index in [1.165, 1.54) is 17.3 Å². The van der Waals surface area contributed by atoms with Crippen LogP contribution in [0.5, 0.6) is 5.75 Å². The normalized spacial score (nSPS) is 34.4. The molecule has 0 aromatic heterocycles. The van der Waals surface area contributed by atoms with Crippen molar-refractivity contribution in [1.29, 1.82) is 0 Å². The number of fused-ring (bicyclic) bond motifs is 2. The summed E-state index contributed by atoms with van der Waals surface area (Å²) in [5.74, 6) is 1.65. The molecule has 1 aromatic carbocycles. The number of aliphatic hydroxyl groups excluding tert-OH is 1. The molecule has 1 N–H and O–H groups in total. The van der Waals surface area contributed by atoms with Crippen LogP contribution in [0.3, 0.4) is 0 Å². The Labute approximate surface area is 128 Å². The fourth-order valence-corrected chi connectivity index (χ4v) is 7.33. The van der Waals surface area contributed by atoms with Gasteiger partial charge in [-0.05, 0) is 0 Å². The summed E-state index contributed by atoms with van der Waals surface area (Å²) in [6, 6.07) is 8.44. The Hall–Kier alpha value is -0.501. The predicted molar refractivity (Wildman–Crippen MR) is 82.8 cm³/mol. The number of hydrogen-bond donors (Lipinski definition) is 1. The first kappa shape index (κ1) is 14.4. The van der Waals surface area contributed by atoms with Crippen LogP contribution in [0.2, 0.25) is 5.32 Å². The van der Waals surface area contributed by atoms with Crippen LogP contribution in [0.25, 0.3) is 0 Å². The van der Waals surface area contributed by atoms with Crippen LogP contribution in [0.15, 0.2) is 24.3 Å². The third-order valence-electron chi connectivity index (χ3n) is 5.94. The Morgan fingerprint density at radius 3 is 2.50 bits per heavy atom. The first-order valence-electron chi connectivity index (χ1n) is 7.44. The summed E-state index contributed by atoms with van der Waals surface area (Å²) in [4.78, 5) is 0. The van der Waals surface area contributed by atoms with Gasteiger partial charge in [0.25, 0.3) is 0 Å². The number of hydrogen-bond acceptors (Lipinski definition) is 2. The van der Waals surface area contributed by atoms with Crippen molar-refractivity contribution in [2.24, 2.45) is 16.7 Å². The maximum absolute atomic E-state index is 10.6. The average molecular weight is 339 g/mol. The summed E-state index contributed by atoms with van der Waals surface area (Å²) >= 11 is 0.434. The van der Waals surface area contributed by atoms with Gasteiger partial charge in [0, 0.05) is 0 Å². The minimum absolute atomic E-state index is 0.0867. The van der Waals surface area contributed by atoms with E-state index in [2.05, 4.69) is 26.0 Å². The molecule has 2 saturated carbocycles. The Morgan fingerprint density at radius 1 is 1.30 bits per heavy atom. The van der Waals surface area contributed by atoms with E-state index in [-0.39, 0.29) is 11.5 Å². The van der Waals surface area contributed by atoms with Crippen LogP contribution in [-0.2, 0) is 0 Å². The molecule has 2 bridgehead atoms. The van der Waals surface area contributed by atoms with Gasteiger partial charge in [-0.1, -0.05) is 0 Å². The van der Waals surface area contributed by atoms with Crippen molar-refractivity contribution >= 4 is 19.4 Å². The van der Waals surface area contributed by atoms with E-state index in [0.717, 1.165) is 23.4 Å². The Bertz CT molecular complexity index is 482. The molecule has 0 spiro atoms. The third kappa shape index (κ3) is 2.03. The van der Waals surface area contributed by atoms with Crippen molar-refractivity contribution in [3.63, 3.8) is 0 Å². The van der Waals surface area contributed by atoms with Gasteiger partial charge in [-0.15, -0.1) is 0 Å². The van der Waals surface area contributed by atoms with Gasteiger partial charge < -0.3 is 0 Å². The molecule has 0 saturated heterocycles. The summed E-state index contributed by atoms with van der Waals surface area (Å²) < 4.78 is 6.62. The fraction of sp³-hybridized carbons (Fsp3) is 0.647. The summed E-state index contributed by atoms with van der Waals surface area (Å²) in [6.45, 7) is 4.76. The van der Waals surface area contributed by atoms with Crippen molar-refractivity contribution in [3.8, 4) is 5.75 Å². The molecule has 3 unspecified atom stereocenters. The number of methoxy groups -OCH3 is 1. The molecule has 20 heavy (non-hydrogen) atoms. The van der Waals surface area contributed by atoms with Gasteiger partial charge in [-0.3, -0.25) is 0 Å². The molecular formula is C17H24O2Se. The summed E-state index contributed by atoms with van der Waals surface area (Å²) in [5.41, 5.74) is 0.470. The maximum atomic E-state index is 10.6. The van der Waals surface area contributed by atoms with Gasteiger partial charge in [-0.2, -0.15) is 0 Å². The van der Waals surface area contributed by atoms with Gasteiger partial charge in [-0.25, -0.2) is 0 Å². The molecule has 2 aliphatic carbocycles. The summed E-state index contributed by atoms with van der Waals surface area (Å²) in [7, 11) is 1.70. The van der Waals surface area contributed by atoms with Crippen molar-refractivity contribution in [1.82, 2.24) is 0 Å². The second kappa shape index (κ2) is 5.05. The fourth-order valence-electron chi connectivity index (χ4n) is 4.26. The zero-order valence-electron chi connectivity index (χ0n) is 12.6. The molecule has 0 aliphatic heterocycles. The standard InChI is InChI=1S/C17H24O2Se/c1-16(2)12-8-9-17(16,15(18)10-12)11-20-14-6-4-13(19-3)5-7-14/h4-7,12,15,18H,8-11H2,1-3H3. The predicted octanol–water partition coefficient (Wildman–Crippen LogP) is 2.63. The van der Waals surface area contributed by atoms with Crippen molar-refractivity contribution < 1.29 is 9.84 Å². The zero-order chi connectivity index (χ0) is 14.4. The number of benzene rings is 1. The molecule has 0 heterocycles. The minimum atomic E-state index is -0.0867. The molecular weight excluding hydrogens is 315 g/mol. The van der Waals surface area contributed by atoms with E-state index >= 15 is 0 Å². The molecule has 2 fully saturated rings. The van der Waals surface area contributed by atoms with Crippen molar-refractivity contribution in [3.05, 3.63) is 24.3 Å². The molecule has 1 aromatic rings. The molecule has 3 atom stereocenters. The van der Waals surface area contributed by atoms with Crippen LogP contribution in [0, 0.1) is 16.7 Å². The van der Waals surface area contributed by atoms with Crippen LogP contribution in [0.1, 0.15) is 33.1 Å². The van der Waals surface area contributed by atoms with Gasteiger partial charge in [0.05, 0.1) is 0 Å². The number of aliphatic hydroxyl groups is 1. The SMILES string of the molecule is COc1ccc([Se]CC23CCC(CC2O)C3(C)C)cc1. The first-order valence-corrected chi connectivity index (χ1v) is 9.51. The van der Waals surface area contributed by atoms with E-state index in [4.69, 9.17) is 4.74 Å². The van der Waals surface area contributed by atoms with E-state index in [0.29, 0.717) is 20.4 Å². The van der Waals surface area contributed by atoms with E-state index < -0.39 is 0 Å². The third-order valence-corrected chi connectivity index (χ3v) is 8.60. The van der Waals surface area contributed by atoms with Gasteiger partial charge in [0.2, 0.25) is 0 Å². The molecule has 0 radical (unpaired) electrons. The number of rotatable bonds is 4. The number of ether oxygens (including phenoxy) is 1. The second-order valence-corrected chi connectivity index (χ2v) is 9.03. The zero-order valence-corrected chi connectivity index (χ0v) is 14.3. The van der Waals surface area contributed by atoms with Crippen molar-refractivity contribution in [2.45, 2.75) is 44.5 Å². The molecule has 2 nitrogen and oxygen atoms in total. The second-order valence-electron chi connectivity index (χ2n) is 6.83. The van der Waals surface area contributed by atoms with E-state index in [1.807, 2.05) is 12.1 Å². The average Bonchev–Trinajstić information content (AvgIpc) is 2.80. The Kier molecular flexibility index (Phi) is 3.64. The first-order chi connectivity index (χ1) is 9.49. The Morgan fingerprint density at radius 2 is 2.00 bits per heavy atom. The van der Waals surface area contributed by atoms with E-state index in [1.54, 1.807) is 7.11 Å². The molecule has 110 valence electrons. The Balaban J connectivity index is 1.73. The van der Waals surface area contributed by atoms with Crippen molar-refractivity contribution in [2.75, 3.05) is 7.11 Å². The van der Waals surface area contributed by atoms with Crippen LogP contribution < -0.4 is 9.20 Å². The summed E-state index contributed by atoms with van der Waals surface area (Å²) in [6.07, 6.45) is 3.45. The monoisotopic (exact) mass is 340 g/mol. The molecule has 3 heteroatoms. The molecule has 3 rings (SSSR count). The van der Waals surface area contributed by atoms with Crippen LogP contribution in [-0.4, -0.2) is 33.3 Å². The molecule has 0 amide bonds. The topological polar surface area (TPSA) is 29.5 Å². The summed E-state index contributed by atoms with van der Waals surface area (Å²) in [5, 5.41) is 11.7. The van der Waals surface area contributed by atoms with Gasteiger partial charge in [0.15, 0.2) is 0 Å². The van der Waals surface area contributed by atoms with Gasteiger partial charge >= 0.3 is 128 Å². The quantitative estimate of drug-likeness (QED) is 0.855. The van der Waals surface area contributed by atoms with Crippen LogP contribution in [0.4, 0.5) is 0 Å². The van der Waals surface area contributed by atoms with E-state index in [9.17, 15) is 5.11 Å². The van der Waals surface area contributed by atoms with Gasteiger partial charge in [0.1, 0.15) is 0 Å². The molecule has 2 aliphatic rings.